The number of ether oxygens (including phenoxy) is 1. The van der Waals surface area contributed by atoms with Crippen molar-refractivity contribution < 1.29 is 9.84 Å². The summed E-state index contributed by atoms with van der Waals surface area (Å²) in [4.78, 5) is 2.50. The number of benzene rings is 2. The van der Waals surface area contributed by atoms with Gasteiger partial charge < -0.3 is 15.2 Å². The molecular weight excluding hydrogens is 294 g/mol. The van der Waals surface area contributed by atoms with Gasteiger partial charge in [-0.3, -0.25) is 0 Å². The Balaban J connectivity index is 1.49. The van der Waals surface area contributed by atoms with E-state index in [0.717, 1.165) is 13.1 Å². The largest absolute Gasteiger partial charge is 0.396 e. The highest BCUT2D eigenvalue weighted by molar-refractivity contribution is 7.99. The summed E-state index contributed by atoms with van der Waals surface area (Å²) in [7, 11) is 0. The van der Waals surface area contributed by atoms with Crippen molar-refractivity contribution in [3.8, 4) is 0 Å². The molecule has 1 aliphatic heterocycles. The number of nitrogens with one attached hydrogen (secondary N) is 1. The molecule has 116 valence electrons. The first-order valence-corrected chi connectivity index (χ1v) is 8.33. The SMILES string of the molecule is OCC1(CNCc2ccc(Sc3ccccc3)cc2)COC1. The van der Waals surface area contributed by atoms with Gasteiger partial charge in [0.25, 0.3) is 0 Å². The fourth-order valence-corrected chi connectivity index (χ4v) is 3.25. The molecule has 0 aliphatic carbocycles. The second-order valence-corrected chi connectivity index (χ2v) is 6.96. The Morgan fingerprint density at radius 2 is 1.68 bits per heavy atom. The maximum atomic E-state index is 9.39. The average Bonchev–Trinajstić information content (AvgIpc) is 2.53. The van der Waals surface area contributed by atoms with Gasteiger partial charge in [-0.05, 0) is 29.8 Å². The van der Waals surface area contributed by atoms with Crippen LogP contribution in [-0.2, 0) is 11.3 Å². The molecule has 1 fully saturated rings. The highest BCUT2D eigenvalue weighted by atomic mass is 32.2. The van der Waals surface area contributed by atoms with Crippen molar-refractivity contribution in [3.63, 3.8) is 0 Å². The predicted octanol–water partition coefficient (Wildman–Crippen LogP) is 2.94. The second-order valence-electron chi connectivity index (χ2n) is 5.81. The van der Waals surface area contributed by atoms with Crippen molar-refractivity contribution in [2.75, 3.05) is 26.4 Å². The highest BCUT2D eigenvalue weighted by Gasteiger charge is 2.37. The minimum atomic E-state index is -0.0664. The lowest BCUT2D eigenvalue weighted by atomic mass is 9.87. The second kappa shape index (κ2) is 7.29. The summed E-state index contributed by atoms with van der Waals surface area (Å²) in [6.45, 7) is 3.11. The number of rotatable bonds is 7. The first kappa shape index (κ1) is 15.6. The van der Waals surface area contributed by atoms with E-state index in [1.54, 1.807) is 11.8 Å². The van der Waals surface area contributed by atoms with Gasteiger partial charge >= 0.3 is 0 Å². The Kier molecular flexibility index (Phi) is 5.16. The van der Waals surface area contributed by atoms with Crippen LogP contribution in [0, 0.1) is 5.41 Å². The Hall–Kier alpha value is -1.33. The fraction of sp³-hybridized carbons (Fsp3) is 0.333. The van der Waals surface area contributed by atoms with Gasteiger partial charge in [0.1, 0.15) is 0 Å². The van der Waals surface area contributed by atoms with Crippen molar-refractivity contribution in [2.45, 2.75) is 16.3 Å². The van der Waals surface area contributed by atoms with E-state index in [-0.39, 0.29) is 12.0 Å². The smallest absolute Gasteiger partial charge is 0.0579 e. The molecule has 22 heavy (non-hydrogen) atoms. The predicted molar refractivity (Wildman–Crippen MR) is 89.1 cm³/mol. The van der Waals surface area contributed by atoms with E-state index in [1.165, 1.54) is 15.4 Å². The monoisotopic (exact) mass is 315 g/mol. The van der Waals surface area contributed by atoms with E-state index in [2.05, 4.69) is 53.8 Å². The van der Waals surface area contributed by atoms with Crippen LogP contribution in [0.2, 0.25) is 0 Å². The minimum absolute atomic E-state index is 0.0664. The molecule has 2 N–H and O–H groups in total. The molecule has 3 rings (SSSR count). The lowest BCUT2D eigenvalue weighted by Crippen LogP contribution is -2.52. The van der Waals surface area contributed by atoms with Crippen molar-refractivity contribution >= 4 is 11.8 Å². The van der Waals surface area contributed by atoms with Crippen LogP contribution in [0.15, 0.2) is 64.4 Å². The third-order valence-corrected chi connectivity index (χ3v) is 4.90. The lowest BCUT2D eigenvalue weighted by molar-refractivity contribution is -0.134. The van der Waals surface area contributed by atoms with Crippen LogP contribution in [0.3, 0.4) is 0 Å². The molecule has 0 atom stereocenters. The standard InChI is InChI=1S/C18H21NO2S/c20-12-18(13-21-14-18)11-19-10-15-6-8-17(9-7-15)22-16-4-2-1-3-5-16/h1-9,19-20H,10-14H2. The number of aliphatic hydroxyl groups excluding tert-OH is 1. The third kappa shape index (κ3) is 3.90. The van der Waals surface area contributed by atoms with Gasteiger partial charge in [-0.25, -0.2) is 0 Å². The van der Waals surface area contributed by atoms with Crippen LogP contribution in [0.5, 0.6) is 0 Å². The molecular formula is C18H21NO2S. The topological polar surface area (TPSA) is 41.5 Å². The first-order chi connectivity index (χ1) is 10.8. The van der Waals surface area contributed by atoms with Gasteiger partial charge in [0.15, 0.2) is 0 Å². The molecule has 2 aromatic rings. The summed E-state index contributed by atoms with van der Waals surface area (Å²) in [5.41, 5.74) is 1.19. The maximum Gasteiger partial charge on any atom is 0.0579 e. The van der Waals surface area contributed by atoms with Crippen LogP contribution in [-0.4, -0.2) is 31.5 Å². The summed E-state index contributed by atoms with van der Waals surface area (Å²) in [6, 6.07) is 19.0. The van der Waals surface area contributed by atoms with Gasteiger partial charge in [-0.2, -0.15) is 0 Å². The number of hydrogen-bond donors (Lipinski definition) is 2. The van der Waals surface area contributed by atoms with Gasteiger partial charge in [-0.15, -0.1) is 0 Å². The van der Waals surface area contributed by atoms with Gasteiger partial charge in [-0.1, -0.05) is 42.1 Å². The van der Waals surface area contributed by atoms with E-state index in [1.807, 2.05) is 6.07 Å². The molecule has 0 radical (unpaired) electrons. The molecule has 1 heterocycles. The zero-order chi connectivity index (χ0) is 15.3. The van der Waals surface area contributed by atoms with E-state index >= 15 is 0 Å². The van der Waals surface area contributed by atoms with Crippen molar-refractivity contribution in [1.82, 2.24) is 5.32 Å². The first-order valence-electron chi connectivity index (χ1n) is 7.51. The Morgan fingerprint density at radius 1 is 1.00 bits per heavy atom. The van der Waals surface area contributed by atoms with E-state index in [4.69, 9.17) is 4.74 Å². The molecule has 4 heteroatoms. The molecule has 2 aromatic carbocycles. The molecule has 0 bridgehead atoms. The summed E-state index contributed by atoms with van der Waals surface area (Å²) in [6.07, 6.45) is 0. The minimum Gasteiger partial charge on any atom is -0.396 e. The van der Waals surface area contributed by atoms with Crippen LogP contribution < -0.4 is 5.32 Å². The summed E-state index contributed by atoms with van der Waals surface area (Å²) >= 11 is 1.77. The zero-order valence-corrected chi connectivity index (χ0v) is 13.3. The summed E-state index contributed by atoms with van der Waals surface area (Å²) < 4.78 is 5.20. The molecule has 0 amide bonds. The van der Waals surface area contributed by atoms with Crippen LogP contribution in [0.1, 0.15) is 5.56 Å². The van der Waals surface area contributed by atoms with E-state index in [0.29, 0.717) is 13.2 Å². The highest BCUT2D eigenvalue weighted by Crippen LogP contribution is 2.28. The Bertz CT molecular complexity index is 576. The summed E-state index contributed by atoms with van der Waals surface area (Å²) in [5.74, 6) is 0. The molecule has 1 saturated heterocycles. The van der Waals surface area contributed by atoms with E-state index in [9.17, 15) is 5.11 Å². The maximum absolute atomic E-state index is 9.39. The normalized spacial score (nSPS) is 16.2. The lowest BCUT2D eigenvalue weighted by Gasteiger charge is -2.40. The Labute approximate surface area is 135 Å². The quantitative estimate of drug-likeness (QED) is 0.824. The van der Waals surface area contributed by atoms with Crippen LogP contribution >= 0.6 is 11.8 Å². The van der Waals surface area contributed by atoms with E-state index < -0.39 is 0 Å². The average molecular weight is 315 g/mol. The van der Waals surface area contributed by atoms with Crippen LogP contribution in [0.25, 0.3) is 0 Å². The third-order valence-electron chi connectivity index (χ3n) is 3.88. The molecule has 3 nitrogen and oxygen atoms in total. The van der Waals surface area contributed by atoms with Gasteiger partial charge in [0.05, 0.1) is 25.2 Å². The molecule has 0 spiro atoms. The number of aliphatic hydroxyl groups is 1. The Morgan fingerprint density at radius 3 is 2.27 bits per heavy atom. The van der Waals surface area contributed by atoms with Crippen molar-refractivity contribution in [3.05, 3.63) is 60.2 Å². The van der Waals surface area contributed by atoms with Gasteiger partial charge in [0, 0.05) is 22.9 Å². The molecule has 0 unspecified atom stereocenters. The fourth-order valence-electron chi connectivity index (χ4n) is 2.41. The molecule has 0 saturated carbocycles. The van der Waals surface area contributed by atoms with Crippen molar-refractivity contribution in [2.24, 2.45) is 5.41 Å². The van der Waals surface area contributed by atoms with Crippen LogP contribution in [0.4, 0.5) is 0 Å². The van der Waals surface area contributed by atoms with Gasteiger partial charge in [0.2, 0.25) is 0 Å². The summed E-state index contributed by atoms with van der Waals surface area (Å²) in [5, 5.41) is 12.8. The zero-order valence-electron chi connectivity index (χ0n) is 12.5. The molecule has 1 aliphatic rings. The molecule has 0 aromatic heterocycles. The number of hydrogen-bond acceptors (Lipinski definition) is 4. The van der Waals surface area contributed by atoms with Crippen molar-refractivity contribution in [1.29, 1.82) is 0 Å².